The Hall–Kier alpha value is -1.65. The van der Waals surface area contributed by atoms with Crippen LogP contribution in [0.15, 0.2) is 30.6 Å². The number of hydrogen-bond donors (Lipinski definition) is 1. The van der Waals surface area contributed by atoms with Gasteiger partial charge in [0.2, 0.25) is 0 Å². The zero-order valence-corrected chi connectivity index (χ0v) is 10.5. The molecular weight excluding hydrogens is 226 g/mol. The number of nitrogens with two attached hydrogens (primary N) is 1. The number of ether oxygens (including phenoxy) is 1. The SMILES string of the molecule is Cn1ccnc1CC(N)c1ccc2c(c1)COC2. The van der Waals surface area contributed by atoms with Crippen LogP contribution < -0.4 is 5.73 Å². The molecule has 0 aliphatic carbocycles. The van der Waals surface area contributed by atoms with E-state index in [1.54, 1.807) is 6.20 Å². The lowest BCUT2D eigenvalue weighted by atomic mass is 9.99. The zero-order chi connectivity index (χ0) is 12.5. The first-order valence-corrected chi connectivity index (χ1v) is 6.15. The first kappa shape index (κ1) is 11.4. The van der Waals surface area contributed by atoms with E-state index in [0.29, 0.717) is 6.61 Å². The van der Waals surface area contributed by atoms with Gasteiger partial charge in [-0.2, -0.15) is 0 Å². The molecule has 1 atom stereocenters. The molecule has 18 heavy (non-hydrogen) atoms. The smallest absolute Gasteiger partial charge is 0.110 e. The molecule has 2 aromatic rings. The van der Waals surface area contributed by atoms with Crippen molar-refractivity contribution in [1.82, 2.24) is 9.55 Å². The number of imidazole rings is 1. The molecule has 94 valence electrons. The van der Waals surface area contributed by atoms with Crippen LogP contribution in [0.1, 0.15) is 28.6 Å². The number of aromatic nitrogens is 2. The molecule has 0 saturated carbocycles. The van der Waals surface area contributed by atoms with Crippen LogP contribution in [-0.2, 0) is 31.4 Å². The van der Waals surface area contributed by atoms with E-state index in [9.17, 15) is 0 Å². The van der Waals surface area contributed by atoms with Gasteiger partial charge in [-0.1, -0.05) is 18.2 Å². The molecule has 0 amide bonds. The van der Waals surface area contributed by atoms with Crippen molar-refractivity contribution in [3.05, 3.63) is 53.1 Å². The molecule has 2 heterocycles. The normalized spacial score (nSPS) is 15.7. The van der Waals surface area contributed by atoms with Crippen LogP contribution in [0.4, 0.5) is 0 Å². The van der Waals surface area contributed by atoms with Crippen molar-refractivity contribution >= 4 is 0 Å². The van der Waals surface area contributed by atoms with E-state index in [2.05, 4.69) is 23.2 Å². The van der Waals surface area contributed by atoms with Crippen molar-refractivity contribution in [3.63, 3.8) is 0 Å². The van der Waals surface area contributed by atoms with Crippen molar-refractivity contribution in [1.29, 1.82) is 0 Å². The lowest BCUT2D eigenvalue weighted by Crippen LogP contribution is -2.16. The lowest BCUT2D eigenvalue weighted by molar-refractivity contribution is 0.134. The fourth-order valence-corrected chi connectivity index (χ4v) is 2.33. The van der Waals surface area contributed by atoms with E-state index in [4.69, 9.17) is 10.5 Å². The predicted octanol–water partition coefficient (Wildman–Crippen LogP) is 1.69. The van der Waals surface area contributed by atoms with Gasteiger partial charge >= 0.3 is 0 Å². The van der Waals surface area contributed by atoms with Crippen LogP contribution in [0.3, 0.4) is 0 Å². The minimum atomic E-state index is -0.0167. The highest BCUT2D eigenvalue weighted by molar-refractivity contribution is 5.34. The van der Waals surface area contributed by atoms with E-state index in [1.165, 1.54) is 11.1 Å². The first-order chi connectivity index (χ1) is 8.74. The summed E-state index contributed by atoms with van der Waals surface area (Å²) in [6.07, 6.45) is 4.50. The minimum Gasteiger partial charge on any atom is -0.372 e. The van der Waals surface area contributed by atoms with Crippen LogP contribution in [0.5, 0.6) is 0 Å². The molecule has 1 aromatic heterocycles. The summed E-state index contributed by atoms with van der Waals surface area (Å²) in [7, 11) is 1.99. The summed E-state index contributed by atoms with van der Waals surface area (Å²) in [5, 5.41) is 0. The maximum Gasteiger partial charge on any atom is 0.110 e. The molecule has 1 aliphatic heterocycles. The molecule has 1 unspecified atom stereocenters. The molecule has 1 aliphatic rings. The molecule has 4 nitrogen and oxygen atoms in total. The Kier molecular flexibility index (Phi) is 2.89. The highest BCUT2D eigenvalue weighted by Gasteiger charge is 2.15. The van der Waals surface area contributed by atoms with Gasteiger partial charge in [0.05, 0.1) is 13.2 Å². The summed E-state index contributed by atoms with van der Waals surface area (Å²) >= 11 is 0. The van der Waals surface area contributed by atoms with Gasteiger partial charge in [0.1, 0.15) is 5.82 Å². The molecule has 0 spiro atoms. The third-order valence-electron chi connectivity index (χ3n) is 3.50. The predicted molar refractivity (Wildman–Crippen MR) is 68.8 cm³/mol. The summed E-state index contributed by atoms with van der Waals surface area (Å²) in [6.45, 7) is 1.43. The molecule has 2 N–H and O–H groups in total. The highest BCUT2D eigenvalue weighted by Crippen LogP contribution is 2.24. The second-order valence-electron chi connectivity index (χ2n) is 4.79. The highest BCUT2D eigenvalue weighted by atomic mass is 16.5. The quantitative estimate of drug-likeness (QED) is 0.892. The van der Waals surface area contributed by atoms with Gasteiger partial charge in [-0.25, -0.2) is 4.98 Å². The Morgan fingerprint density at radius 2 is 2.22 bits per heavy atom. The van der Waals surface area contributed by atoms with Gasteiger partial charge in [-0.05, 0) is 16.7 Å². The van der Waals surface area contributed by atoms with E-state index >= 15 is 0 Å². The third kappa shape index (κ3) is 2.05. The third-order valence-corrected chi connectivity index (χ3v) is 3.50. The molecule has 0 radical (unpaired) electrons. The number of rotatable bonds is 3. The average molecular weight is 243 g/mol. The molecule has 0 saturated heterocycles. The maximum atomic E-state index is 6.26. The molecule has 1 aromatic carbocycles. The summed E-state index contributed by atoms with van der Waals surface area (Å²) in [6, 6.07) is 6.37. The van der Waals surface area contributed by atoms with Gasteiger partial charge in [0.15, 0.2) is 0 Å². The molecule has 3 rings (SSSR count). The van der Waals surface area contributed by atoms with Crippen LogP contribution >= 0.6 is 0 Å². The van der Waals surface area contributed by atoms with Gasteiger partial charge in [0, 0.05) is 31.9 Å². The number of fused-ring (bicyclic) bond motifs is 1. The number of benzene rings is 1. The van der Waals surface area contributed by atoms with Gasteiger partial charge in [-0.15, -0.1) is 0 Å². The maximum absolute atomic E-state index is 6.26. The Labute approximate surface area is 106 Å². The van der Waals surface area contributed by atoms with Crippen molar-refractivity contribution in [2.24, 2.45) is 12.8 Å². The van der Waals surface area contributed by atoms with E-state index < -0.39 is 0 Å². The Morgan fingerprint density at radius 1 is 1.39 bits per heavy atom. The largest absolute Gasteiger partial charge is 0.372 e. The van der Waals surface area contributed by atoms with E-state index in [-0.39, 0.29) is 6.04 Å². The van der Waals surface area contributed by atoms with Crippen LogP contribution in [0.25, 0.3) is 0 Å². The minimum absolute atomic E-state index is 0.0167. The second-order valence-corrected chi connectivity index (χ2v) is 4.79. The Bertz CT molecular complexity index is 562. The van der Waals surface area contributed by atoms with E-state index in [0.717, 1.165) is 24.4 Å². The second kappa shape index (κ2) is 4.55. The summed E-state index contributed by atoms with van der Waals surface area (Å²) in [4.78, 5) is 4.31. The molecular formula is C14H17N3O. The van der Waals surface area contributed by atoms with Crippen LogP contribution in [-0.4, -0.2) is 9.55 Å². The topological polar surface area (TPSA) is 53.1 Å². The molecule has 0 fully saturated rings. The average Bonchev–Trinajstić information content (AvgIpc) is 2.98. The summed E-state index contributed by atoms with van der Waals surface area (Å²) < 4.78 is 7.43. The van der Waals surface area contributed by atoms with Gasteiger partial charge in [0.25, 0.3) is 0 Å². The fourth-order valence-electron chi connectivity index (χ4n) is 2.33. The van der Waals surface area contributed by atoms with Crippen molar-refractivity contribution in [3.8, 4) is 0 Å². The van der Waals surface area contributed by atoms with Crippen molar-refractivity contribution in [2.45, 2.75) is 25.7 Å². The van der Waals surface area contributed by atoms with Crippen LogP contribution in [0, 0.1) is 0 Å². The molecule has 0 bridgehead atoms. The number of hydrogen-bond acceptors (Lipinski definition) is 3. The van der Waals surface area contributed by atoms with Gasteiger partial charge in [-0.3, -0.25) is 0 Å². The molecule has 4 heteroatoms. The van der Waals surface area contributed by atoms with Crippen LogP contribution in [0.2, 0.25) is 0 Å². The Balaban J connectivity index is 1.80. The first-order valence-electron chi connectivity index (χ1n) is 6.15. The van der Waals surface area contributed by atoms with Gasteiger partial charge < -0.3 is 15.0 Å². The van der Waals surface area contributed by atoms with E-state index in [1.807, 2.05) is 17.8 Å². The lowest BCUT2D eigenvalue weighted by Gasteiger charge is -2.13. The number of nitrogens with zero attached hydrogens (tertiary/aromatic N) is 2. The standard InChI is InChI=1S/C14H17N3O/c1-17-5-4-16-14(17)7-13(15)10-2-3-11-8-18-9-12(11)6-10/h2-6,13H,7-9,15H2,1H3. The van der Waals surface area contributed by atoms with Crippen molar-refractivity contribution in [2.75, 3.05) is 0 Å². The fraction of sp³-hybridized carbons (Fsp3) is 0.357. The summed E-state index contributed by atoms with van der Waals surface area (Å²) in [5.74, 6) is 1.01. The monoisotopic (exact) mass is 243 g/mol. The zero-order valence-electron chi connectivity index (χ0n) is 10.5. The Morgan fingerprint density at radius 3 is 3.00 bits per heavy atom. The van der Waals surface area contributed by atoms with Crippen molar-refractivity contribution < 1.29 is 4.74 Å². The number of aryl methyl sites for hydroxylation is 1. The summed E-state index contributed by atoms with van der Waals surface area (Å²) in [5.41, 5.74) is 9.96.